The highest BCUT2D eigenvalue weighted by atomic mass is 16.5. The fourth-order valence-electron chi connectivity index (χ4n) is 2.78. The molecule has 2 amide bonds. The van der Waals surface area contributed by atoms with Crippen molar-refractivity contribution < 1.29 is 14.3 Å². The normalized spacial score (nSPS) is 19.1. The molecule has 1 aromatic rings. The van der Waals surface area contributed by atoms with E-state index in [0.29, 0.717) is 12.3 Å². The smallest absolute Gasteiger partial charge is 0.227 e. The number of carbonyl (C=O) groups is 2. The van der Waals surface area contributed by atoms with Crippen molar-refractivity contribution in [2.45, 2.75) is 39.2 Å². The topological polar surface area (TPSA) is 58.6 Å². The molecule has 5 heteroatoms. The van der Waals surface area contributed by atoms with Gasteiger partial charge in [-0.1, -0.05) is 19.4 Å². The molecule has 2 atom stereocenters. The van der Waals surface area contributed by atoms with Gasteiger partial charge >= 0.3 is 0 Å². The predicted molar refractivity (Wildman–Crippen MR) is 86.0 cm³/mol. The Morgan fingerprint density at radius 3 is 2.95 bits per heavy atom. The molecule has 1 aliphatic rings. The Morgan fingerprint density at radius 1 is 1.50 bits per heavy atom. The maximum atomic E-state index is 12.3. The predicted octanol–water partition coefficient (Wildman–Crippen LogP) is 2.35. The summed E-state index contributed by atoms with van der Waals surface area (Å²) in [5.74, 6) is 0.379. The molecule has 5 nitrogen and oxygen atoms in total. The molecular weight excluding hydrogens is 280 g/mol. The zero-order chi connectivity index (χ0) is 16.1. The van der Waals surface area contributed by atoms with Crippen LogP contribution in [0.4, 0.5) is 5.69 Å². The summed E-state index contributed by atoms with van der Waals surface area (Å²) >= 11 is 0. The van der Waals surface area contributed by atoms with E-state index in [1.54, 1.807) is 12.0 Å². The third-order valence-corrected chi connectivity index (χ3v) is 3.97. The lowest BCUT2D eigenvalue weighted by Crippen LogP contribution is -2.38. The van der Waals surface area contributed by atoms with E-state index < -0.39 is 0 Å². The molecule has 120 valence electrons. The van der Waals surface area contributed by atoms with Gasteiger partial charge in [0.05, 0.1) is 13.0 Å². The Balaban J connectivity index is 2.02. The van der Waals surface area contributed by atoms with Gasteiger partial charge in [0, 0.05) is 30.8 Å². The first-order valence-corrected chi connectivity index (χ1v) is 7.80. The molecule has 0 radical (unpaired) electrons. The van der Waals surface area contributed by atoms with Crippen molar-refractivity contribution in [1.82, 2.24) is 5.32 Å². The second kappa shape index (κ2) is 7.29. The summed E-state index contributed by atoms with van der Waals surface area (Å²) in [5.41, 5.74) is 0.779. The summed E-state index contributed by atoms with van der Waals surface area (Å²) < 4.78 is 5.19. The van der Waals surface area contributed by atoms with Crippen LogP contribution in [-0.2, 0) is 9.59 Å². The number of benzene rings is 1. The molecule has 0 aliphatic carbocycles. The minimum atomic E-state index is -0.280. The summed E-state index contributed by atoms with van der Waals surface area (Å²) in [4.78, 5) is 26.1. The van der Waals surface area contributed by atoms with Crippen LogP contribution in [0.25, 0.3) is 0 Å². The van der Waals surface area contributed by atoms with Crippen LogP contribution in [0.5, 0.6) is 5.75 Å². The number of hydrogen-bond donors (Lipinski definition) is 1. The average Bonchev–Trinajstić information content (AvgIpc) is 2.89. The first kappa shape index (κ1) is 16.3. The number of carbonyl (C=O) groups excluding carboxylic acids is 2. The van der Waals surface area contributed by atoms with Gasteiger partial charge in [-0.15, -0.1) is 0 Å². The van der Waals surface area contributed by atoms with Gasteiger partial charge in [0.15, 0.2) is 0 Å². The van der Waals surface area contributed by atoms with E-state index in [1.165, 1.54) is 0 Å². The number of ether oxygens (including phenoxy) is 1. The molecule has 0 spiro atoms. The van der Waals surface area contributed by atoms with Gasteiger partial charge in [-0.25, -0.2) is 0 Å². The van der Waals surface area contributed by atoms with E-state index in [4.69, 9.17) is 4.74 Å². The van der Waals surface area contributed by atoms with Crippen LogP contribution in [-0.4, -0.2) is 31.5 Å². The summed E-state index contributed by atoms with van der Waals surface area (Å²) in [6, 6.07) is 7.51. The van der Waals surface area contributed by atoms with Gasteiger partial charge < -0.3 is 15.0 Å². The third-order valence-electron chi connectivity index (χ3n) is 3.97. The number of nitrogens with one attached hydrogen (secondary N) is 1. The van der Waals surface area contributed by atoms with Crippen molar-refractivity contribution in [2.24, 2.45) is 5.92 Å². The highest BCUT2D eigenvalue weighted by Crippen LogP contribution is 2.28. The molecule has 2 rings (SSSR count). The summed E-state index contributed by atoms with van der Waals surface area (Å²) in [6.07, 6.45) is 2.24. The van der Waals surface area contributed by atoms with Crippen molar-refractivity contribution >= 4 is 17.5 Å². The lowest BCUT2D eigenvalue weighted by molar-refractivity contribution is -0.126. The molecule has 0 saturated carbocycles. The number of rotatable bonds is 6. The Hall–Kier alpha value is -2.04. The van der Waals surface area contributed by atoms with Crippen molar-refractivity contribution in [3.05, 3.63) is 24.3 Å². The van der Waals surface area contributed by atoms with Crippen LogP contribution in [0.1, 0.15) is 33.1 Å². The van der Waals surface area contributed by atoms with E-state index in [1.807, 2.05) is 31.2 Å². The van der Waals surface area contributed by atoms with E-state index >= 15 is 0 Å². The zero-order valence-corrected chi connectivity index (χ0v) is 13.5. The lowest BCUT2D eigenvalue weighted by Gasteiger charge is -2.18. The second-order valence-electron chi connectivity index (χ2n) is 5.81. The SMILES string of the molecule is CCC[C@H](C)NC(=O)[C@@H]1CC(=O)N(c2cccc(OC)c2)C1. The minimum absolute atomic E-state index is 0.0171. The van der Waals surface area contributed by atoms with Gasteiger partial charge in [0.2, 0.25) is 11.8 Å². The maximum Gasteiger partial charge on any atom is 0.227 e. The van der Waals surface area contributed by atoms with E-state index in [0.717, 1.165) is 18.5 Å². The van der Waals surface area contributed by atoms with Crippen LogP contribution >= 0.6 is 0 Å². The van der Waals surface area contributed by atoms with Gasteiger partial charge in [-0.05, 0) is 25.5 Å². The lowest BCUT2D eigenvalue weighted by atomic mass is 10.1. The first-order valence-electron chi connectivity index (χ1n) is 7.80. The summed E-state index contributed by atoms with van der Waals surface area (Å²) in [6.45, 7) is 4.51. The molecule has 1 N–H and O–H groups in total. The Bertz CT molecular complexity index is 544. The first-order chi connectivity index (χ1) is 10.5. The number of anilines is 1. The van der Waals surface area contributed by atoms with Crippen molar-refractivity contribution in [2.75, 3.05) is 18.6 Å². The van der Waals surface area contributed by atoms with Crippen LogP contribution in [0.2, 0.25) is 0 Å². The maximum absolute atomic E-state index is 12.3. The number of hydrogen-bond acceptors (Lipinski definition) is 3. The molecule has 1 aromatic carbocycles. The van der Waals surface area contributed by atoms with Gasteiger partial charge in [-0.3, -0.25) is 9.59 Å². The van der Waals surface area contributed by atoms with Crippen LogP contribution in [0.15, 0.2) is 24.3 Å². The number of methoxy groups -OCH3 is 1. The molecule has 0 bridgehead atoms. The average molecular weight is 304 g/mol. The van der Waals surface area contributed by atoms with Crippen LogP contribution < -0.4 is 15.0 Å². The van der Waals surface area contributed by atoms with E-state index in [2.05, 4.69) is 12.2 Å². The second-order valence-corrected chi connectivity index (χ2v) is 5.81. The van der Waals surface area contributed by atoms with Gasteiger partial charge in [-0.2, -0.15) is 0 Å². The molecular formula is C17H24N2O3. The van der Waals surface area contributed by atoms with Crippen molar-refractivity contribution in [1.29, 1.82) is 0 Å². The molecule has 1 saturated heterocycles. The standard InChI is InChI=1S/C17H24N2O3/c1-4-6-12(2)18-17(21)13-9-16(20)19(11-13)14-7-5-8-15(10-14)22-3/h5,7-8,10,12-13H,4,6,9,11H2,1-3H3,(H,18,21)/t12-,13+/m0/s1. The Labute approximate surface area is 131 Å². The van der Waals surface area contributed by atoms with Crippen molar-refractivity contribution in [3.63, 3.8) is 0 Å². The molecule has 1 aliphatic heterocycles. The largest absolute Gasteiger partial charge is 0.497 e. The molecule has 22 heavy (non-hydrogen) atoms. The Kier molecular flexibility index (Phi) is 5.41. The van der Waals surface area contributed by atoms with Gasteiger partial charge in [0.1, 0.15) is 5.75 Å². The Morgan fingerprint density at radius 2 is 2.27 bits per heavy atom. The third kappa shape index (κ3) is 3.78. The monoisotopic (exact) mass is 304 g/mol. The van der Waals surface area contributed by atoms with Crippen LogP contribution in [0.3, 0.4) is 0 Å². The minimum Gasteiger partial charge on any atom is -0.497 e. The summed E-state index contributed by atoms with van der Waals surface area (Å²) in [7, 11) is 1.59. The quantitative estimate of drug-likeness (QED) is 0.877. The molecule has 0 aromatic heterocycles. The van der Waals surface area contributed by atoms with E-state index in [9.17, 15) is 9.59 Å². The highest BCUT2D eigenvalue weighted by Gasteiger charge is 2.35. The molecule has 0 unspecified atom stereocenters. The fourth-order valence-corrected chi connectivity index (χ4v) is 2.78. The summed E-state index contributed by atoms with van der Waals surface area (Å²) in [5, 5.41) is 3.00. The fraction of sp³-hybridized carbons (Fsp3) is 0.529. The highest BCUT2D eigenvalue weighted by molar-refractivity contribution is 6.00. The zero-order valence-electron chi connectivity index (χ0n) is 13.5. The molecule has 1 heterocycles. The number of nitrogens with zero attached hydrogens (tertiary/aromatic N) is 1. The molecule has 1 fully saturated rings. The van der Waals surface area contributed by atoms with Crippen molar-refractivity contribution in [3.8, 4) is 5.75 Å². The van der Waals surface area contributed by atoms with Crippen LogP contribution in [0, 0.1) is 5.92 Å². The number of amides is 2. The van der Waals surface area contributed by atoms with Gasteiger partial charge in [0.25, 0.3) is 0 Å². The van der Waals surface area contributed by atoms with E-state index in [-0.39, 0.29) is 30.2 Å².